The molecule has 1 aliphatic carbocycles. The summed E-state index contributed by atoms with van der Waals surface area (Å²) in [5.41, 5.74) is -0.105. The molecule has 0 radical (unpaired) electrons. The van der Waals surface area contributed by atoms with Crippen molar-refractivity contribution in [1.82, 2.24) is 25.1 Å². The minimum atomic E-state index is -1.11. The molecule has 0 unspecified atom stereocenters. The Morgan fingerprint density at radius 3 is 3.06 bits per heavy atom. The Morgan fingerprint density at radius 2 is 2.41 bits per heavy atom. The van der Waals surface area contributed by atoms with Crippen molar-refractivity contribution in [2.24, 2.45) is 0 Å². The second-order valence-electron chi connectivity index (χ2n) is 3.93. The van der Waals surface area contributed by atoms with Gasteiger partial charge in [0, 0.05) is 5.92 Å². The van der Waals surface area contributed by atoms with Gasteiger partial charge in [-0.1, -0.05) is 10.4 Å². The van der Waals surface area contributed by atoms with Crippen molar-refractivity contribution in [2.75, 3.05) is 0 Å². The average molecular weight is 235 g/mol. The molecule has 2 heterocycles. The molecular weight excluding hydrogens is 226 g/mol. The summed E-state index contributed by atoms with van der Waals surface area (Å²) >= 11 is 0. The summed E-state index contributed by atoms with van der Waals surface area (Å²) in [6.07, 6.45) is 3.53. The second-order valence-corrected chi connectivity index (χ2v) is 3.93. The number of hydrogen-bond acceptors (Lipinski definition) is 6. The maximum atomic E-state index is 10.6. The van der Waals surface area contributed by atoms with E-state index in [0.717, 1.165) is 18.7 Å². The highest BCUT2D eigenvalue weighted by molar-refractivity contribution is 5.84. The van der Waals surface area contributed by atoms with Crippen molar-refractivity contribution >= 4 is 5.97 Å². The predicted octanol–water partition coefficient (Wildman–Crippen LogP) is 0.285. The first kappa shape index (κ1) is 9.94. The van der Waals surface area contributed by atoms with E-state index in [1.165, 1.54) is 10.9 Å². The summed E-state index contributed by atoms with van der Waals surface area (Å²) in [4.78, 5) is 14.8. The lowest BCUT2D eigenvalue weighted by molar-refractivity contribution is 0.0690. The van der Waals surface area contributed by atoms with Crippen LogP contribution in [0, 0.1) is 0 Å². The zero-order chi connectivity index (χ0) is 11.8. The number of carboxylic acids is 1. The van der Waals surface area contributed by atoms with Gasteiger partial charge in [-0.3, -0.25) is 0 Å². The van der Waals surface area contributed by atoms with Crippen LogP contribution in [0.2, 0.25) is 0 Å². The first-order chi connectivity index (χ1) is 8.22. The van der Waals surface area contributed by atoms with Crippen LogP contribution in [0.5, 0.6) is 0 Å². The Bertz CT molecular complexity index is 556. The van der Waals surface area contributed by atoms with Crippen LogP contribution in [0.15, 0.2) is 10.7 Å². The Balaban J connectivity index is 1.73. The molecule has 1 N–H and O–H groups in total. The summed E-state index contributed by atoms with van der Waals surface area (Å²) in [7, 11) is 0. The SMILES string of the molecule is O=C(O)c1cn(Cc2nc(C3CC3)no2)nn1. The van der Waals surface area contributed by atoms with E-state index in [4.69, 9.17) is 9.63 Å². The van der Waals surface area contributed by atoms with Crippen LogP contribution in [0.4, 0.5) is 0 Å². The number of carbonyl (C=O) groups is 1. The molecule has 0 spiro atoms. The van der Waals surface area contributed by atoms with Crippen LogP contribution in [-0.4, -0.2) is 36.2 Å². The molecule has 8 nitrogen and oxygen atoms in total. The highest BCUT2D eigenvalue weighted by atomic mass is 16.5. The van der Waals surface area contributed by atoms with E-state index in [9.17, 15) is 4.79 Å². The third-order valence-electron chi connectivity index (χ3n) is 2.48. The lowest BCUT2D eigenvalue weighted by Crippen LogP contribution is -2.01. The topological polar surface area (TPSA) is 107 Å². The molecule has 17 heavy (non-hydrogen) atoms. The summed E-state index contributed by atoms with van der Waals surface area (Å²) in [5, 5.41) is 19.7. The quantitative estimate of drug-likeness (QED) is 0.811. The normalized spacial score (nSPS) is 15.1. The van der Waals surface area contributed by atoms with E-state index in [-0.39, 0.29) is 12.2 Å². The monoisotopic (exact) mass is 235 g/mol. The van der Waals surface area contributed by atoms with Crippen LogP contribution in [0.1, 0.15) is 41.0 Å². The van der Waals surface area contributed by atoms with Gasteiger partial charge in [-0.15, -0.1) is 5.10 Å². The van der Waals surface area contributed by atoms with Gasteiger partial charge in [0.05, 0.1) is 6.20 Å². The van der Waals surface area contributed by atoms with Gasteiger partial charge in [-0.2, -0.15) is 4.98 Å². The van der Waals surface area contributed by atoms with Gasteiger partial charge in [-0.05, 0) is 12.8 Å². The third-order valence-corrected chi connectivity index (χ3v) is 2.48. The largest absolute Gasteiger partial charge is 0.476 e. The number of hydrogen-bond donors (Lipinski definition) is 1. The standard InChI is InChI=1S/C9H9N5O3/c15-9(16)6-3-14(13-11-6)4-7-10-8(12-17-7)5-1-2-5/h3,5H,1-2,4H2,(H,15,16). The van der Waals surface area contributed by atoms with Crippen LogP contribution < -0.4 is 0 Å². The van der Waals surface area contributed by atoms with Crippen molar-refractivity contribution in [3.63, 3.8) is 0 Å². The van der Waals surface area contributed by atoms with Crippen LogP contribution in [-0.2, 0) is 6.54 Å². The predicted molar refractivity (Wildman–Crippen MR) is 52.4 cm³/mol. The first-order valence-electron chi connectivity index (χ1n) is 5.18. The molecule has 8 heteroatoms. The lowest BCUT2D eigenvalue weighted by Gasteiger charge is -1.91. The van der Waals surface area contributed by atoms with E-state index >= 15 is 0 Å². The maximum Gasteiger partial charge on any atom is 0.358 e. The second kappa shape index (κ2) is 3.65. The van der Waals surface area contributed by atoms with Crippen molar-refractivity contribution < 1.29 is 14.4 Å². The average Bonchev–Trinajstić information content (AvgIpc) is 2.87. The molecule has 1 aliphatic rings. The van der Waals surface area contributed by atoms with Crippen molar-refractivity contribution in [2.45, 2.75) is 25.3 Å². The van der Waals surface area contributed by atoms with Gasteiger partial charge in [0.1, 0.15) is 6.54 Å². The first-order valence-corrected chi connectivity index (χ1v) is 5.18. The molecule has 0 bridgehead atoms. The number of rotatable bonds is 4. The van der Waals surface area contributed by atoms with Gasteiger partial charge in [0.25, 0.3) is 0 Å². The lowest BCUT2D eigenvalue weighted by atomic mass is 10.4. The Hall–Kier alpha value is -2.25. The van der Waals surface area contributed by atoms with E-state index in [1.54, 1.807) is 0 Å². The molecule has 3 rings (SSSR count). The molecule has 0 aliphatic heterocycles. The summed E-state index contributed by atoms with van der Waals surface area (Å²) in [6, 6.07) is 0. The number of carboxylic acid groups (broad SMARTS) is 1. The van der Waals surface area contributed by atoms with Crippen molar-refractivity contribution in [3.05, 3.63) is 23.6 Å². The highest BCUT2D eigenvalue weighted by Gasteiger charge is 2.28. The van der Waals surface area contributed by atoms with E-state index in [0.29, 0.717) is 11.8 Å². The molecule has 88 valence electrons. The van der Waals surface area contributed by atoms with Crippen LogP contribution >= 0.6 is 0 Å². The number of aromatic nitrogens is 5. The zero-order valence-electron chi connectivity index (χ0n) is 8.78. The van der Waals surface area contributed by atoms with E-state index < -0.39 is 5.97 Å². The number of nitrogens with zero attached hydrogens (tertiary/aromatic N) is 5. The molecule has 0 atom stereocenters. The Labute approximate surface area is 95.2 Å². The van der Waals surface area contributed by atoms with Crippen molar-refractivity contribution in [1.29, 1.82) is 0 Å². The van der Waals surface area contributed by atoms with E-state index in [1.807, 2.05) is 0 Å². The van der Waals surface area contributed by atoms with Gasteiger partial charge in [-0.25, -0.2) is 9.48 Å². The Kier molecular flexibility index (Phi) is 2.13. The van der Waals surface area contributed by atoms with Gasteiger partial charge < -0.3 is 9.63 Å². The van der Waals surface area contributed by atoms with Crippen LogP contribution in [0.3, 0.4) is 0 Å². The smallest absolute Gasteiger partial charge is 0.358 e. The molecule has 2 aromatic heterocycles. The highest BCUT2D eigenvalue weighted by Crippen LogP contribution is 2.38. The summed E-state index contributed by atoms with van der Waals surface area (Å²) < 4.78 is 6.40. The van der Waals surface area contributed by atoms with Gasteiger partial charge >= 0.3 is 5.97 Å². The van der Waals surface area contributed by atoms with Gasteiger partial charge in [0.2, 0.25) is 5.89 Å². The molecular formula is C9H9N5O3. The minimum absolute atomic E-state index is 0.105. The molecule has 0 amide bonds. The van der Waals surface area contributed by atoms with Gasteiger partial charge in [0.15, 0.2) is 11.5 Å². The summed E-state index contributed by atoms with van der Waals surface area (Å²) in [6.45, 7) is 0.236. The third kappa shape index (κ3) is 2.01. The minimum Gasteiger partial charge on any atom is -0.476 e. The number of aromatic carboxylic acids is 1. The molecule has 2 aromatic rings. The Morgan fingerprint density at radius 1 is 1.59 bits per heavy atom. The van der Waals surface area contributed by atoms with Crippen molar-refractivity contribution in [3.8, 4) is 0 Å². The molecule has 1 fully saturated rings. The fraction of sp³-hybridized carbons (Fsp3) is 0.444. The fourth-order valence-corrected chi connectivity index (χ4v) is 1.45. The zero-order valence-corrected chi connectivity index (χ0v) is 8.78. The maximum absolute atomic E-state index is 10.6. The summed E-state index contributed by atoms with van der Waals surface area (Å²) in [5.74, 6) is 0.450. The fourth-order valence-electron chi connectivity index (χ4n) is 1.45. The molecule has 1 saturated carbocycles. The molecule has 0 saturated heterocycles. The van der Waals surface area contributed by atoms with E-state index in [2.05, 4.69) is 20.5 Å². The van der Waals surface area contributed by atoms with Crippen LogP contribution in [0.25, 0.3) is 0 Å². The molecule has 0 aromatic carbocycles.